The lowest BCUT2D eigenvalue weighted by molar-refractivity contribution is -0.158. The second-order valence-electron chi connectivity index (χ2n) is 5.57. The molecule has 8 nitrogen and oxygen atoms in total. The fraction of sp³-hybridized carbons (Fsp3) is 0.615. The number of hydrogen-bond donors (Lipinski definition) is 1. The topological polar surface area (TPSA) is 104 Å². The van der Waals surface area contributed by atoms with Crippen LogP contribution < -0.4 is 5.32 Å². The summed E-state index contributed by atoms with van der Waals surface area (Å²) in [5.74, 6) is -3.59. The van der Waals surface area contributed by atoms with Gasteiger partial charge in [-0.2, -0.15) is 0 Å². The van der Waals surface area contributed by atoms with Crippen LogP contribution in [0.2, 0.25) is 0 Å². The van der Waals surface area contributed by atoms with Gasteiger partial charge < -0.3 is 0 Å². The van der Waals surface area contributed by atoms with Crippen molar-refractivity contribution in [3.8, 4) is 0 Å². The predicted molar refractivity (Wildman–Crippen MR) is 69.5 cm³/mol. The van der Waals surface area contributed by atoms with Crippen LogP contribution in [0.5, 0.6) is 0 Å². The second kappa shape index (κ2) is 5.27. The van der Waals surface area contributed by atoms with Crippen LogP contribution in [0.4, 0.5) is 4.79 Å². The maximum absolute atomic E-state index is 12.4. The number of amides is 6. The first kappa shape index (κ1) is 15.1. The predicted octanol–water partition coefficient (Wildman–Crippen LogP) is -0.516. The number of hydrogen-bond acceptors (Lipinski definition) is 5. The zero-order chi connectivity index (χ0) is 15.9. The van der Waals surface area contributed by atoms with Gasteiger partial charge in [0.25, 0.3) is 5.91 Å². The first-order valence-corrected chi connectivity index (χ1v) is 6.74. The average molecular weight is 295 g/mol. The zero-order valence-corrected chi connectivity index (χ0v) is 12.1. The van der Waals surface area contributed by atoms with Gasteiger partial charge in [-0.15, -0.1) is 0 Å². The molecule has 6 amide bonds. The molecule has 0 aliphatic carbocycles. The molecular weight excluding hydrogens is 278 g/mol. The van der Waals surface area contributed by atoms with Crippen LogP contribution in [0, 0.1) is 11.8 Å². The van der Waals surface area contributed by atoms with Crippen molar-refractivity contribution in [1.29, 1.82) is 0 Å². The number of nitrogens with zero attached hydrogens (tertiary/aromatic N) is 2. The minimum absolute atomic E-state index is 0.0737. The van der Waals surface area contributed by atoms with E-state index >= 15 is 0 Å². The Morgan fingerprint density at radius 1 is 1.10 bits per heavy atom. The Labute approximate surface area is 121 Å². The summed E-state index contributed by atoms with van der Waals surface area (Å²) in [5, 5.41) is 2.11. The molecule has 2 rings (SSSR count). The van der Waals surface area contributed by atoms with Crippen molar-refractivity contribution >= 4 is 29.7 Å². The van der Waals surface area contributed by atoms with E-state index in [0.717, 1.165) is 9.80 Å². The van der Waals surface area contributed by atoms with Crippen molar-refractivity contribution in [2.24, 2.45) is 11.8 Å². The highest BCUT2D eigenvalue weighted by atomic mass is 16.2. The van der Waals surface area contributed by atoms with Crippen molar-refractivity contribution in [3.63, 3.8) is 0 Å². The van der Waals surface area contributed by atoms with E-state index < -0.39 is 35.7 Å². The van der Waals surface area contributed by atoms with Gasteiger partial charge >= 0.3 is 6.03 Å². The van der Waals surface area contributed by atoms with Crippen molar-refractivity contribution in [2.45, 2.75) is 32.7 Å². The highest BCUT2D eigenvalue weighted by Crippen LogP contribution is 2.25. The third-order valence-corrected chi connectivity index (χ3v) is 3.83. The van der Waals surface area contributed by atoms with Crippen molar-refractivity contribution in [2.75, 3.05) is 7.05 Å². The van der Waals surface area contributed by atoms with Crippen LogP contribution in [0.25, 0.3) is 0 Å². The van der Waals surface area contributed by atoms with E-state index in [9.17, 15) is 24.0 Å². The number of piperidine rings is 1. The molecule has 2 fully saturated rings. The summed E-state index contributed by atoms with van der Waals surface area (Å²) in [7, 11) is 1.31. The van der Waals surface area contributed by atoms with E-state index in [4.69, 9.17) is 0 Å². The third kappa shape index (κ3) is 2.41. The summed E-state index contributed by atoms with van der Waals surface area (Å²) in [5.41, 5.74) is 0. The molecule has 0 bridgehead atoms. The highest BCUT2D eigenvalue weighted by molar-refractivity contribution is 6.18. The van der Waals surface area contributed by atoms with Crippen molar-refractivity contribution < 1.29 is 24.0 Å². The molecule has 0 saturated carbocycles. The summed E-state index contributed by atoms with van der Waals surface area (Å²) in [6.07, 6.45) is 0.157. The zero-order valence-electron chi connectivity index (χ0n) is 12.1. The van der Waals surface area contributed by atoms with Crippen LogP contribution in [0.15, 0.2) is 0 Å². The van der Waals surface area contributed by atoms with Gasteiger partial charge in [0.15, 0.2) is 0 Å². The standard InChI is InChI=1S/C13H17N3O5/c1-6(2)9-10(18)14-13(21)16(12(9)20)7-4-5-8(17)15(3)11(7)19/h6-7,9H,4-5H2,1-3H3,(H,14,18,21). The Morgan fingerprint density at radius 2 is 1.71 bits per heavy atom. The quantitative estimate of drug-likeness (QED) is 0.545. The van der Waals surface area contributed by atoms with Gasteiger partial charge in [0.1, 0.15) is 12.0 Å². The highest BCUT2D eigenvalue weighted by Gasteiger charge is 2.48. The normalized spacial score (nSPS) is 27.5. The summed E-state index contributed by atoms with van der Waals surface area (Å²) < 4.78 is 0. The summed E-state index contributed by atoms with van der Waals surface area (Å²) in [4.78, 5) is 61.4. The molecule has 2 unspecified atom stereocenters. The van der Waals surface area contributed by atoms with Crippen LogP contribution in [-0.2, 0) is 19.2 Å². The number of carbonyl (C=O) groups excluding carboxylic acids is 5. The molecule has 2 heterocycles. The number of likely N-dealkylation sites (N-methyl/N-ethyl adjacent to an activating group) is 1. The van der Waals surface area contributed by atoms with Gasteiger partial charge in [-0.05, 0) is 12.3 Å². The first-order valence-electron chi connectivity index (χ1n) is 6.74. The molecule has 2 saturated heterocycles. The number of urea groups is 1. The molecule has 2 atom stereocenters. The van der Waals surface area contributed by atoms with Crippen LogP contribution in [0.3, 0.4) is 0 Å². The fourth-order valence-corrected chi connectivity index (χ4v) is 2.63. The molecule has 21 heavy (non-hydrogen) atoms. The molecule has 8 heteroatoms. The van der Waals surface area contributed by atoms with Gasteiger partial charge in [-0.25, -0.2) is 4.79 Å². The summed E-state index contributed by atoms with van der Waals surface area (Å²) in [6, 6.07) is -1.93. The van der Waals surface area contributed by atoms with Crippen LogP contribution in [-0.4, -0.2) is 52.5 Å². The first-order chi connectivity index (χ1) is 9.75. The number of rotatable bonds is 2. The molecule has 114 valence electrons. The fourth-order valence-electron chi connectivity index (χ4n) is 2.63. The van der Waals surface area contributed by atoms with E-state index in [-0.39, 0.29) is 24.7 Å². The summed E-state index contributed by atoms with van der Waals surface area (Å²) >= 11 is 0. The number of carbonyl (C=O) groups is 5. The van der Waals surface area contributed by atoms with E-state index in [2.05, 4.69) is 5.32 Å². The van der Waals surface area contributed by atoms with Gasteiger partial charge in [0.05, 0.1) is 0 Å². The SMILES string of the molecule is CC(C)C1C(=O)NC(=O)N(C2CCC(=O)N(C)C2=O)C1=O. The van der Waals surface area contributed by atoms with E-state index in [1.807, 2.05) is 0 Å². The second-order valence-corrected chi connectivity index (χ2v) is 5.57. The van der Waals surface area contributed by atoms with Crippen LogP contribution in [0.1, 0.15) is 26.7 Å². The molecule has 2 aliphatic rings. The molecular formula is C13H17N3O5. The van der Waals surface area contributed by atoms with Gasteiger partial charge in [-0.1, -0.05) is 13.8 Å². The van der Waals surface area contributed by atoms with Crippen LogP contribution >= 0.6 is 0 Å². The number of barbiturate groups is 1. The Morgan fingerprint density at radius 3 is 2.29 bits per heavy atom. The number of likely N-dealkylation sites (tertiary alicyclic amines) is 1. The van der Waals surface area contributed by atoms with E-state index in [1.165, 1.54) is 7.05 Å². The maximum Gasteiger partial charge on any atom is 0.331 e. The molecule has 1 N–H and O–H groups in total. The Bertz CT molecular complexity index is 542. The van der Waals surface area contributed by atoms with Crippen molar-refractivity contribution in [1.82, 2.24) is 15.1 Å². The number of nitrogens with one attached hydrogen (secondary N) is 1. The van der Waals surface area contributed by atoms with Gasteiger partial charge in [-0.3, -0.25) is 34.3 Å². The van der Waals surface area contributed by atoms with Gasteiger partial charge in [0.2, 0.25) is 17.7 Å². The molecule has 2 aliphatic heterocycles. The molecule has 0 aromatic heterocycles. The molecule has 0 spiro atoms. The minimum Gasteiger partial charge on any atom is -0.284 e. The average Bonchev–Trinajstić information content (AvgIpc) is 2.37. The summed E-state index contributed by atoms with van der Waals surface area (Å²) in [6.45, 7) is 3.38. The van der Waals surface area contributed by atoms with Gasteiger partial charge in [0, 0.05) is 13.5 Å². The largest absolute Gasteiger partial charge is 0.331 e. The third-order valence-electron chi connectivity index (χ3n) is 3.83. The smallest absolute Gasteiger partial charge is 0.284 e. The maximum atomic E-state index is 12.4. The Kier molecular flexibility index (Phi) is 3.80. The van der Waals surface area contributed by atoms with E-state index in [1.54, 1.807) is 13.8 Å². The lowest BCUT2D eigenvalue weighted by atomic mass is 9.90. The lowest BCUT2D eigenvalue weighted by Crippen LogP contribution is -2.65. The Hall–Kier alpha value is -2.25. The molecule has 0 aromatic rings. The minimum atomic E-state index is -1.03. The molecule has 0 radical (unpaired) electrons. The Balaban J connectivity index is 2.31. The van der Waals surface area contributed by atoms with Crippen molar-refractivity contribution in [3.05, 3.63) is 0 Å². The number of imide groups is 3. The molecule has 0 aromatic carbocycles. The lowest BCUT2D eigenvalue weighted by Gasteiger charge is -2.39. The monoisotopic (exact) mass is 295 g/mol. The van der Waals surface area contributed by atoms with E-state index in [0.29, 0.717) is 0 Å².